The Morgan fingerprint density at radius 1 is 1.05 bits per heavy atom. The maximum Gasteiger partial charge on any atom is 0.255 e. The zero-order chi connectivity index (χ0) is 14.6. The third kappa shape index (κ3) is 2.40. The molecule has 0 radical (unpaired) electrons. The summed E-state index contributed by atoms with van der Waals surface area (Å²) in [5.41, 5.74) is 7.24. The fourth-order valence-corrected chi connectivity index (χ4v) is 5.55. The van der Waals surface area contributed by atoms with Gasteiger partial charge in [0, 0.05) is 18.8 Å². The first-order chi connectivity index (χ1) is 10.1. The summed E-state index contributed by atoms with van der Waals surface area (Å²) in [4.78, 5) is 14.8. The van der Waals surface area contributed by atoms with Crippen LogP contribution in [-0.4, -0.2) is 23.9 Å². The summed E-state index contributed by atoms with van der Waals surface area (Å²) in [6.45, 7) is 0. The van der Waals surface area contributed by atoms with E-state index in [1.54, 1.807) is 0 Å². The van der Waals surface area contributed by atoms with Crippen LogP contribution in [0, 0.1) is 23.7 Å². The monoisotopic (exact) mass is 320 g/mol. The molecule has 1 amide bonds. The molecule has 2 N–H and O–H groups in total. The summed E-state index contributed by atoms with van der Waals surface area (Å²) in [7, 11) is 1.99. The van der Waals surface area contributed by atoms with Crippen molar-refractivity contribution in [2.75, 3.05) is 12.8 Å². The number of carbonyl (C=O) groups is 1. The van der Waals surface area contributed by atoms with E-state index >= 15 is 0 Å². The lowest BCUT2D eigenvalue weighted by atomic mass is 9.54. The fraction of sp³-hybridized carbons (Fsp3) is 0.611. The number of halogens is 1. The van der Waals surface area contributed by atoms with Crippen molar-refractivity contribution >= 4 is 24.0 Å². The zero-order valence-corrected chi connectivity index (χ0v) is 13.9. The van der Waals surface area contributed by atoms with Crippen LogP contribution in [0.4, 0.5) is 5.69 Å². The highest BCUT2D eigenvalue weighted by Gasteiger charge is 2.50. The van der Waals surface area contributed by atoms with E-state index in [0.717, 1.165) is 23.7 Å². The number of para-hydroxylation sites is 1. The van der Waals surface area contributed by atoms with Gasteiger partial charge < -0.3 is 10.6 Å². The summed E-state index contributed by atoms with van der Waals surface area (Å²) in [5, 5.41) is 0. The molecule has 4 saturated carbocycles. The number of anilines is 1. The number of rotatable bonds is 2. The molecule has 22 heavy (non-hydrogen) atoms. The Morgan fingerprint density at radius 3 is 2.14 bits per heavy atom. The largest absolute Gasteiger partial charge is 0.398 e. The molecule has 0 saturated heterocycles. The molecule has 3 nitrogen and oxygen atoms in total. The maximum atomic E-state index is 12.8. The van der Waals surface area contributed by atoms with E-state index in [0.29, 0.717) is 17.3 Å². The van der Waals surface area contributed by atoms with Gasteiger partial charge in [0.25, 0.3) is 5.91 Å². The van der Waals surface area contributed by atoms with Gasteiger partial charge in [-0.2, -0.15) is 0 Å². The van der Waals surface area contributed by atoms with Crippen molar-refractivity contribution in [3.8, 4) is 0 Å². The normalized spacial score (nSPS) is 35.0. The molecule has 4 aliphatic carbocycles. The van der Waals surface area contributed by atoms with Crippen LogP contribution in [0.15, 0.2) is 24.3 Å². The van der Waals surface area contributed by atoms with Gasteiger partial charge in [-0.25, -0.2) is 0 Å². The lowest BCUT2D eigenvalue weighted by Gasteiger charge is -2.56. The van der Waals surface area contributed by atoms with Gasteiger partial charge in [0.1, 0.15) is 0 Å². The van der Waals surface area contributed by atoms with E-state index in [9.17, 15) is 4.79 Å². The Labute approximate surface area is 138 Å². The van der Waals surface area contributed by atoms with E-state index in [1.165, 1.54) is 32.1 Å². The summed E-state index contributed by atoms with van der Waals surface area (Å²) in [5.74, 6) is 3.42. The number of nitrogens with two attached hydrogens (primary N) is 1. The molecule has 0 aromatic heterocycles. The van der Waals surface area contributed by atoms with Gasteiger partial charge in [-0.15, -0.1) is 12.4 Å². The number of carbonyl (C=O) groups excluding carboxylic acids is 1. The van der Waals surface area contributed by atoms with Crippen LogP contribution >= 0.6 is 12.4 Å². The summed E-state index contributed by atoms with van der Waals surface area (Å²) < 4.78 is 0. The van der Waals surface area contributed by atoms with E-state index < -0.39 is 0 Å². The van der Waals surface area contributed by atoms with Crippen molar-refractivity contribution in [1.29, 1.82) is 0 Å². The number of benzene rings is 1. The molecular weight excluding hydrogens is 296 g/mol. The minimum atomic E-state index is 0. The van der Waals surface area contributed by atoms with Gasteiger partial charge in [0.15, 0.2) is 0 Å². The van der Waals surface area contributed by atoms with Crippen molar-refractivity contribution in [3.63, 3.8) is 0 Å². The third-order valence-electron chi connectivity index (χ3n) is 6.14. The quantitative estimate of drug-likeness (QED) is 0.846. The molecule has 4 bridgehead atoms. The Hall–Kier alpha value is -1.22. The van der Waals surface area contributed by atoms with Crippen molar-refractivity contribution < 1.29 is 4.79 Å². The first-order valence-electron chi connectivity index (χ1n) is 8.25. The molecule has 0 unspecified atom stereocenters. The first-order valence-corrected chi connectivity index (χ1v) is 8.25. The van der Waals surface area contributed by atoms with Gasteiger partial charge in [0.05, 0.1) is 5.56 Å². The third-order valence-corrected chi connectivity index (χ3v) is 6.14. The Kier molecular flexibility index (Phi) is 4.11. The highest BCUT2D eigenvalue weighted by atomic mass is 35.5. The molecule has 0 atom stereocenters. The van der Waals surface area contributed by atoms with E-state index in [-0.39, 0.29) is 18.3 Å². The Bertz CT molecular complexity index is 546. The van der Waals surface area contributed by atoms with E-state index in [1.807, 2.05) is 36.2 Å². The summed E-state index contributed by atoms with van der Waals surface area (Å²) in [6.07, 6.45) is 6.78. The van der Waals surface area contributed by atoms with E-state index in [2.05, 4.69) is 0 Å². The van der Waals surface area contributed by atoms with Crippen LogP contribution in [0.5, 0.6) is 0 Å². The lowest BCUT2D eigenvalue weighted by Crippen LogP contribution is -2.56. The summed E-state index contributed by atoms with van der Waals surface area (Å²) in [6, 6.07) is 7.89. The predicted octanol–water partition coefficient (Wildman–Crippen LogP) is 3.59. The van der Waals surface area contributed by atoms with Gasteiger partial charge in [-0.3, -0.25) is 4.79 Å². The minimum Gasteiger partial charge on any atom is -0.398 e. The smallest absolute Gasteiger partial charge is 0.255 e. The predicted molar refractivity (Wildman–Crippen MR) is 91.0 cm³/mol. The van der Waals surface area contributed by atoms with Gasteiger partial charge in [-0.05, 0) is 67.9 Å². The van der Waals surface area contributed by atoms with Gasteiger partial charge in [-0.1, -0.05) is 12.1 Å². The number of nitrogens with zero attached hydrogens (tertiary/aromatic N) is 1. The maximum absolute atomic E-state index is 12.8. The number of hydrogen-bond donors (Lipinski definition) is 1. The number of nitrogen functional groups attached to an aromatic ring is 1. The average molecular weight is 321 g/mol. The minimum absolute atomic E-state index is 0. The van der Waals surface area contributed by atoms with E-state index in [4.69, 9.17) is 5.73 Å². The second-order valence-corrected chi connectivity index (χ2v) is 7.42. The van der Waals surface area contributed by atoms with Crippen molar-refractivity contribution in [3.05, 3.63) is 29.8 Å². The van der Waals surface area contributed by atoms with Crippen LogP contribution in [0.2, 0.25) is 0 Å². The second kappa shape index (κ2) is 5.77. The molecule has 5 rings (SSSR count). The van der Waals surface area contributed by atoms with Gasteiger partial charge >= 0.3 is 0 Å². The molecule has 1 aromatic carbocycles. The highest BCUT2D eigenvalue weighted by molar-refractivity contribution is 5.99. The Balaban J connectivity index is 0.00000144. The van der Waals surface area contributed by atoms with Gasteiger partial charge in [0.2, 0.25) is 0 Å². The van der Waals surface area contributed by atoms with Crippen LogP contribution in [-0.2, 0) is 0 Å². The number of amides is 1. The van der Waals surface area contributed by atoms with Crippen LogP contribution in [0.25, 0.3) is 0 Å². The molecule has 0 aliphatic heterocycles. The van der Waals surface area contributed by atoms with Crippen LogP contribution in [0.1, 0.15) is 42.5 Å². The molecule has 120 valence electrons. The molecule has 0 spiro atoms. The molecule has 4 heteroatoms. The fourth-order valence-electron chi connectivity index (χ4n) is 5.55. The van der Waals surface area contributed by atoms with Crippen molar-refractivity contribution in [2.45, 2.75) is 38.1 Å². The standard InChI is InChI=1S/C18H24N2O.ClH/c1-20(18(21)15-4-2-3-5-16(15)19)17-13-7-11-6-12(9-13)10-14(17)8-11;/h2-5,11-14,17H,6-10,19H2,1H3;1H. The molecule has 1 aromatic rings. The van der Waals surface area contributed by atoms with Crippen LogP contribution in [0.3, 0.4) is 0 Å². The van der Waals surface area contributed by atoms with Crippen molar-refractivity contribution in [1.82, 2.24) is 4.90 Å². The summed E-state index contributed by atoms with van der Waals surface area (Å²) >= 11 is 0. The molecular formula is C18H25ClN2O. The molecule has 4 aliphatic rings. The Morgan fingerprint density at radius 2 is 1.59 bits per heavy atom. The second-order valence-electron chi connectivity index (χ2n) is 7.42. The number of hydrogen-bond acceptors (Lipinski definition) is 2. The van der Waals surface area contributed by atoms with Crippen molar-refractivity contribution in [2.24, 2.45) is 23.7 Å². The SMILES string of the molecule is CN(C(=O)c1ccccc1N)C1C2CC3CC(C2)CC1C3.Cl. The lowest BCUT2D eigenvalue weighted by molar-refractivity contribution is -0.0490. The van der Waals surface area contributed by atoms with Crippen LogP contribution < -0.4 is 5.73 Å². The average Bonchev–Trinajstić information content (AvgIpc) is 2.45. The molecule has 4 fully saturated rings. The topological polar surface area (TPSA) is 46.3 Å². The first kappa shape index (κ1) is 15.7. The highest BCUT2D eigenvalue weighted by Crippen LogP contribution is 2.55. The zero-order valence-electron chi connectivity index (χ0n) is 13.1. The molecule has 0 heterocycles.